The molecule has 0 amide bonds. The number of benzene rings is 8. The van der Waals surface area contributed by atoms with Gasteiger partial charge in [-0.2, -0.15) is 0 Å². The summed E-state index contributed by atoms with van der Waals surface area (Å²) in [7, 11) is 0. The summed E-state index contributed by atoms with van der Waals surface area (Å²) in [4.78, 5) is 0. The van der Waals surface area contributed by atoms with Crippen LogP contribution < -0.4 is 0 Å². The van der Waals surface area contributed by atoms with Crippen LogP contribution in [0, 0.1) is 0 Å². The first-order valence-corrected chi connectivity index (χ1v) is 17.5. The third-order valence-corrected chi connectivity index (χ3v) is 10.6. The van der Waals surface area contributed by atoms with Crippen LogP contribution >= 0.6 is 0 Å². The van der Waals surface area contributed by atoms with Gasteiger partial charge in [0.15, 0.2) is 0 Å². The summed E-state index contributed by atoms with van der Waals surface area (Å²) < 4.78 is 7.31. The van der Waals surface area contributed by atoms with Crippen molar-refractivity contribution >= 4 is 65.4 Å². The Morgan fingerprint density at radius 3 is 1.43 bits per heavy atom. The highest BCUT2D eigenvalue weighted by Crippen LogP contribution is 2.41. The van der Waals surface area contributed by atoms with Crippen molar-refractivity contribution < 1.29 is 0 Å². The Bertz CT molecular complexity index is 3080. The predicted octanol–water partition coefficient (Wildman–Crippen LogP) is 12.6. The quantitative estimate of drug-likeness (QED) is 0.180. The molecule has 0 atom stereocenters. The van der Waals surface area contributed by atoms with E-state index in [2.05, 4.69) is 202 Å². The molecule has 0 aliphatic heterocycles. The number of fused-ring (bicyclic) bond motifs is 9. The van der Waals surface area contributed by atoms with Gasteiger partial charge in [-0.05, 0) is 77.9 Å². The van der Waals surface area contributed by atoms with E-state index in [0.717, 1.165) is 11.4 Å². The second-order valence-corrected chi connectivity index (χ2v) is 13.4. The highest BCUT2D eigenvalue weighted by atomic mass is 15.0. The molecular weight excluding hydrogens is 619 g/mol. The van der Waals surface area contributed by atoms with E-state index in [1.54, 1.807) is 0 Å². The number of para-hydroxylation sites is 4. The molecule has 0 unspecified atom stereocenters. The molecular formula is C48H31N3. The van der Waals surface area contributed by atoms with Gasteiger partial charge in [-0.25, -0.2) is 0 Å². The minimum absolute atomic E-state index is 1.15. The smallest absolute Gasteiger partial charge is 0.0562 e. The van der Waals surface area contributed by atoms with Crippen LogP contribution in [0.25, 0.3) is 93.6 Å². The summed E-state index contributed by atoms with van der Waals surface area (Å²) in [5.41, 5.74) is 13.1. The van der Waals surface area contributed by atoms with E-state index in [0.29, 0.717) is 0 Å². The lowest BCUT2D eigenvalue weighted by atomic mass is 10.1. The summed E-state index contributed by atoms with van der Waals surface area (Å²) in [6.07, 6.45) is 0. The van der Waals surface area contributed by atoms with Crippen LogP contribution in [-0.2, 0) is 0 Å². The molecule has 0 saturated heterocycles. The molecule has 3 aromatic heterocycles. The molecule has 3 nitrogen and oxygen atoms in total. The van der Waals surface area contributed by atoms with E-state index in [1.807, 2.05) is 0 Å². The van der Waals surface area contributed by atoms with Crippen molar-refractivity contribution in [3.63, 3.8) is 0 Å². The molecule has 3 heteroatoms. The minimum Gasteiger partial charge on any atom is -0.309 e. The molecule has 11 aromatic rings. The maximum atomic E-state index is 2.45. The van der Waals surface area contributed by atoms with E-state index in [9.17, 15) is 0 Å². The summed E-state index contributed by atoms with van der Waals surface area (Å²) in [6, 6.07) is 68.4. The van der Waals surface area contributed by atoms with Gasteiger partial charge in [0, 0.05) is 43.7 Å². The average molecular weight is 650 g/mol. The molecule has 0 radical (unpaired) electrons. The SMILES string of the molecule is c1ccc(-c2cccc(-n3c4ccccc4c4cc(-n5c6ccccc6c6c(-n7c8ccccc8c8ccccc87)cccc65)ccc43)c2)cc1. The van der Waals surface area contributed by atoms with E-state index in [1.165, 1.54) is 82.2 Å². The van der Waals surface area contributed by atoms with Crippen molar-refractivity contribution in [2.24, 2.45) is 0 Å². The highest BCUT2D eigenvalue weighted by molar-refractivity contribution is 6.17. The Labute approximate surface area is 294 Å². The lowest BCUT2D eigenvalue weighted by Crippen LogP contribution is -1.97. The Morgan fingerprint density at radius 1 is 0.255 bits per heavy atom. The van der Waals surface area contributed by atoms with Crippen LogP contribution in [0.4, 0.5) is 0 Å². The van der Waals surface area contributed by atoms with Crippen LogP contribution in [0.15, 0.2) is 188 Å². The molecule has 238 valence electrons. The second kappa shape index (κ2) is 10.8. The van der Waals surface area contributed by atoms with Gasteiger partial charge in [0.1, 0.15) is 0 Å². The Kier molecular flexibility index (Phi) is 5.96. The normalized spacial score (nSPS) is 11.9. The predicted molar refractivity (Wildman–Crippen MR) is 215 cm³/mol. The molecule has 0 saturated carbocycles. The van der Waals surface area contributed by atoms with E-state index >= 15 is 0 Å². The zero-order valence-corrected chi connectivity index (χ0v) is 27.7. The first kappa shape index (κ1) is 28.0. The number of nitrogens with zero attached hydrogens (tertiary/aromatic N) is 3. The summed E-state index contributed by atoms with van der Waals surface area (Å²) in [5, 5.41) is 7.50. The molecule has 0 aliphatic rings. The standard InChI is InChI=1S/C48H31N3/c1-2-14-32(15-3-1)33-16-12-17-34(30-33)49-41-22-8-6-20-38(41)40-31-35(28-29-45(40)49)50-44-25-11-7-21-39(44)48-46(50)26-13-27-47(48)51-42-23-9-4-18-36(42)37-19-5-10-24-43(37)51/h1-31H. The van der Waals surface area contributed by atoms with Gasteiger partial charge in [0.25, 0.3) is 0 Å². The maximum absolute atomic E-state index is 2.45. The second-order valence-electron chi connectivity index (χ2n) is 13.4. The van der Waals surface area contributed by atoms with Crippen molar-refractivity contribution in [2.75, 3.05) is 0 Å². The van der Waals surface area contributed by atoms with Crippen LogP contribution in [-0.4, -0.2) is 13.7 Å². The third kappa shape index (κ3) is 4.06. The highest BCUT2D eigenvalue weighted by Gasteiger charge is 2.20. The molecule has 3 heterocycles. The minimum atomic E-state index is 1.15. The summed E-state index contributed by atoms with van der Waals surface area (Å²) in [5.74, 6) is 0. The third-order valence-electron chi connectivity index (χ3n) is 10.6. The van der Waals surface area contributed by atoms with Gasteiger partial charge in [-0.3, -0.25) is 0 Å². The van der Waals surface area contributed by atoms with E-state index in [-0.39, 0.29) is 0 Å². The monoisotopic (exact) mass is 649 g/mol. The molecule has 0 aliphatic carbocycles. The first-order chi connectivity index (χ1) is 25.3. The average Bonchev–Trinajstić information content (AvgIpc) is 3.84. The summed E-state index contributed by atoms with van der Waals surface area (Å²) in [6.45, 7) is 0. The molecule has 11 rings (SSSR count). The number of rotatable bonds is 4. The Balaban J connectivity index is 1.17. The first-order valence-electron chi connectivity index (χ1n) is 17.5. The van der Waals surface area contributed by atoms with Gasteiger partial charge < -0.3 is 13.7 Å². The maximum Gasteiger partial charge on any atom is 0.0562 e. The van der Waals surface area contributed by atoms with E-state index < -0.39 is 0 Å². The zero-order valence-electron chi connectivity index (χ0n) is 27.7. The lowest BCUT2D eigenvalue weighted by Gasteiger charge is -2.12. The van der Waals surface area contributed by atoms with Crippen LogP contribution in [0.2, 0.25) is 0 Å². The number of hydrogen-bond acceptors (Lipinski definition) is 0. The largest absolute Gasteiger partial charge is 0.309 e. The zero-order chi connectivity index (χ0) is 33.5. The molecule has 0 spiro atoms. The molecule has 51 heavy (non-hydrogen) atoms. The van der Waals surface area contributed by atoms with Gasteiger partial charge in [-0.1, -0.05) is 121 Å². The summed E-state index contributed by atoms with van der Waals surface area (Å²) >= 11 is 0. The number of hydrogen-bond donors (Lipinski definition) is 0. The van der Waals surface area contributed by atoms with Crippen molar-refractivity contribution in [3.05, 3.63) is 188 Å². The fourth-order valence-corrected chi connectivity index (χ4v) is 8.48. The van der Waals surface area contributed by atoms with Crippen LogP contribution in [0.3, 0.4) is 0 Å². The van der Waals surface area contributed by atoms with Crippen LogP contribution in [0.1, 0.15) is 0 Å². The van der Waals surface area contributed by atoms with E-state index in [4.69, 9.17) is 0 Å². The van der Waals surface area contributed by atoms with Gasteiger partial charge in [0.05, 0.1) is 38.8 Å². The fourth-order valence-electron chi connectivity index (χ4n) is 8.48. The number of aromatic nitrogens is 3. The topological polar surface area (TPSA) is 14.8 Å². The molecule has 0 N–H and O–H groups in total. The Hall–Kier alpha value is -6.84. The van der Waals surface area contributed by atoms with Gasteiger partial charge in [0.2, 0.25) is 0 Å². The molecule has 0 fully saturated rings. The van der Waals surface area contributed by atoms with Crippen molar-refractivity contribution in [3.8, 4) is 28.2 Å². The van der Waals surface area contributed by atoms with Crippen LogP contribution in [0.5, 0.6) is 0 Å². The molecule has 8 aromatic carbocycles. The lowest BCUT2D eigenvalue weighted by molar-refractivity contribution is 1.16. The molecule has 0 bridgehead atoms. The fraction of sp³-hybridized carbons (Fsp3) is 0. The van der Waals surface area contributed by atoms with Gasteiger partial charge >= 0.3 is 0 Å². The van der Waals surface area contributed by atoms with Crippen molar-refractivity contribution in [1.82, 2.24) is 13.7 Å². The van der Waals surface area contributed by atoms with Gasteiger partial charge in [-0.15, -0.1) is 0 Å². The van der Waals surface area contributed by atoms with Crippen molar-refractivity contribution in [1.29, 1.82) is 0 Å². The Morgan fingerprint density at radius 2 is 0.725 bits per heavy atom. The van der Waals surface area contributed by atoms with Crippen molar-refractivity contribution in [2.45, 2.75) is 0 Å².